The molecule has 0 aromatic carbocycles. The van der Waals surface area contributed by atoms with Crippen molar-refractivity contribution in [2.24, 2.45) is 0 Å². The molecule has 20 heavy (non-hydrogen) atoms. The fourth-order valence-corrected chi connectivity index (χ4v) is 1.52. The summed E-state index contributed by atoms with van der Waals surface area (Å²) in [4.78, 5) is 12.8. The molecule has 0 saturated carbocycles. The summed E-state index contributed by atoms with van der Waals surface area (Å²) in [6, 6.07) is 0. The maximum atomic E-state index is 10.8. The van der Waals surface area contributed by atoms with Gasteiger partial charge in [-0.2, -0.15) is 0 Å². The Morgan fingerprint density at radius 3 is 1.65 bits per heavy atom. The van der Waals surface area contributed by atoms with Crippen LogP contribution in [-0.4, -0.2) is 38.6 Å². The van der Waals surface area contributed by atoms with Crippen LogP contribution in [0.25, 0.3) is 0 Å². The fourth-order valence-electron chi connectivity index (χ4n) is 1.52. The number of carbonyl (C=O) groups is 1. The summed E-state index contributed by atoms with van der Waals surface area (Å²) in [6.45, 7) is 4.68. The van der Waals surface area contributed by atoms with Gasteiger partial charge in [0.2, 0.25) is 0 Å². The van der Waals surface area contributed by atoms with Gasteiger partial charge in [0, 0.05) is 6.42 Å². The number of nitrogens with zero attached hydrogens (tertiary/aromatic N) is 1. The van der Waals surface area contributed by atoms with E-state index < -0.39 is 0 Å². The summed E-state index contributed by atoms with van der Waals surface area (Å²) in [5.41, 5.74) is 0. The quantitative estimate of drug-likeness (QED) is 0.478. The highest BCUT2D eigenvalue weighted by Gasteiger charge is 1.97. The number of unbranched alkanes of at least 4 members (excludes halogenated alkanes) is 7. The van der Waals surface area contributed by atoms with E-state index in [0.717, 1.165) is 6.42 Å². The molecule has 0 aliphatic rings. The van der Waals surface area contributed by atoms with Crippen molar-refractivity contribution in [2.75, 3.05) is 27.7 Å². The molecule has 0 amide bonds. The molecule has 124 valence electrons. The highest BCUT2D eigenvalue weighted by molar-refractivity contribution is 5.68. The van der Waals surface area contributed by atoms with Crippen molar-refractivity contribution in [3.05, 3.63) is 0 Å². The topological polar surface area (TPSA) is 64.5 Å². The van der Waals surface area contributed by atoms with Gasteiger partial charge in [0.05, 0.1) is 6.61 Å². The van der Waals surface area contributed by atoms with Crippen LogP contribution in [0.3, 0.4) is 0 Å². The highest BCUT2D eigenvalue weighted by Crippen LogP contribution is 2.08. The summed E-state index contributed by atoms with van der Waals surface area (Å²) >= 11 is 0. The van der Waals surface area contributed by atoms with E-state index in [1.54, 1.807) is 0 Å². The smallest absolute Gasteiger partial charge is 0.305 e. The predicted molar refractivity (Wildman–Crippen MR) is 88.5 cm³/mol. The van der Waals surface area contributed by atoms with Crippen LogP contribution in [0.2, 0.25) is 0 Å². The van der Waals surface area contributed by atoms with Crippen LogP contribution in [0.4, 0.5) is 0 Å². The normalized spacial score (nSPS) is 9.50. The van der Waals surface area contributed by atoms with Crippen LogP contribution in [0.5, 0.6) is 0 Å². The van der Waals surface area contributed by atoms with Crippen molar-refractivity contribution >= 4 is 5.97 Å². The number of carbonyl (C=O) groups excluding carboxylic acids is 1. The zero-order valence-corrected chi connectivity index (χ0v) is 14.5. The summed E-state index contributed by atoms with van der Waals surface area (Å²) in [7, 11) is 6.00. The number of rotatable bonds is 10. The van der Waals surface area contributed by atoms with Gasteiger partial charge < -0.3 is 15.8 Å². The summed E-state index contributed by atoms with van der Waals surface area (Å²) in [5, 5.41) is 0. The van der Waals surface area contributed by atoms with Gasteiger partial charge in [-0.15, -0.1) is 0 Å². The Morgan fingerprint density at radius 1 is 0.850 bits per heavy atom. The van der Waals surface area contributed by atoms with E-state index >= 15 is 0 Å². The molecular formula is C16H38N2O2. The Hall–Kier alpha value is -0.610. The van der Waals surface area contributed by atoms with Crippen LogP contribution in [0, 0.1) is 0 Å². The van der Waals surface area contributed by atoms with Gasteiger partial charge in [-0.25, -0.2) is 0 Å². The lowest BCUT2D eigenvalue weighted by Crippen LogP contribution is -2.03. The van der Waals surface area contributed by atoms with Crippen molar-refractivity contribution < 1.29 is 9.53 Å². The van der Waals surface area contributed by atoms with Crippen LogP contribution < -0.4 is 6.15 Å². The lowest BCUT2D eigenvalue weighted by molar-refractivity contribution is -0.143. The zero-order valence-electron chi connectivity index (χ0n) is 14.5. The molecule has 0 fully saturated rings. The Kier molecular flexibility index (Phi) is 25.3. The Balaban J connectivity index is -0.000000508. The lowest BCUT2D eigenvalue weighted by atomic mass is 10.1. The Labute approximate surface area is 126 Å². The van der Waals surface area contributed by atoms with Gasteiger partial charge in [-0.05, 0) is 27.6 Å². The van der Waals surface area contributed by atoms with E-state index in [-0.39, 0.29) is 12.1 Å². The van der Waals surface area contributed by atoms with Gasteiger partial charge >= 0.3 is 5.97 Å². The molecule has 0 bridgehead atoms. The molecule has 0 heterocycles. The minimum Gasteiger partial charge on any atom is -0.466 e. The van der Waals surface area contributed by atoms with E-state index in [9.17, 15) is 4.79 Å². The maximum absolute atomic E-state index is 10.8. The van der Waals surface area contributed by atoms with E-state index in [1.165, 1.54) is 44.9 Å². The number of hydrogen-bond donors (Lipinski definition) is 1. The van der Waals surface area contributed by atoms with Crippen LogP contribution in [0.1, 0.15) is 71.6 Å². The van der Waals surface area contributed by atoms with Gasteiger partial charge in [-0.1, -0.05) is 58.8 Å². The van der Waals surface area contributed by atoms with Crippen LogP contribution >= 0.6 is 0 Å². The third-order valence-electron chi connectivity index (χ3n) is 2.55. The largest absolute Gasteiger partial charge is 0.466 e. The maximum Gasteiger partial charge on any atom is 0.305 e. The molecule has 4 heteroatoms. The minimum absolute atomic E-state index is 0. The zero-order chi connectivity index (χ0) is 14.9. The average Bonchev–Trinajstić information content (AvgIpc) is 2.36. The van der Waals surface area contributed by atoms with Crippen molar-refractivity contribution in [2.45, 2.75) is 71.6 Å². The van der Waals surface area contributed by atoms with E-state index in [4.69, 9.17) is 4.74 Å². The second-order valence-electron chi connectivity index (χ2n) is 5.39. The average molecular weight is 290 g/mol. The van der Waals surface area contributed by atoms with Gasteiger partial charge in [0.1, 0.15) is 0 Å². The first kappa shape index (κ1) is 24.4. The molecule has 0 aromatic heterocycles. The van der Waals surface area contributed by atoms with Gasteiger partial charge in [0.15, 0.2) is 0 Å². The van der Waals surface area contributed by atoms with Crippen molar-refractivity contribution in [1.29, 1.82) is 0 Å². The minimum atomic E-state index is -0.0713. The second-order valence-corrected chi connectivity index (χ2v) is 5.39. The number of hydrogen-bond acceptors (Lipinski definition) is 4. The summed E-state index contributed by atoms with van der Waals surface area (Å²) in [5.74, 6) is -0.0713. The van der Waals surface area contributed by atoms with Crippen molar-refractivity contribution in [1.82, 2.24) is 11.1 Å². The molecule has 0 aliphatic heterocycles. The molecule has 4 nitrogen and oxygen atoms in total. The Morgan fingerprint density at radius 2 is 1.25 bits per heavy atom. The third kappa shape index (κ3) is 30.4. The molecule has 0 radical (unpaired) electrons. The molecule has 0 saturated heterocycles. The SMILES string of the molecule is CCCCCCCCCCOC(=O)CC.CN(C)C.N. The van der Waals surface area contributed by atoms with Gasteiger partial charge in [-0.3, -0.25) is 4.79 Å². The first-order chi connectivity index (χ1) is 9.04. The number of esters is 1. The standard InChI is InChI=1S/C13H26O2.C3H9N.H3N/c1-3-5-6-7-8-9-10-11-12-15-13(14)4-2;1-4(2)3;/h3-12H2,1-2H3;1-3H3;1H3. The van der Waals surface area contributed by atoms with Crippen molar-refractivity contribution in [3.63, 3.8) is 0 Å². The van der Waals surface area contributed by atoms with E-state index in [0.29, 0.717) is 13.0 Å². The first-order valence-electron chi connectivity index (χ1n) is 7.81. The molecule has 0 atom stereocenters. The number of ether oxygens (including phenoxy) is 1. The van der Waals surface area contributed by atoms with Crippen LogP contribution in [0.15, 0.2) is 0 Å². The van der Waals surface area contributed by atoms with E-state index in [2.05, 4.69) is 6.92 Å². The summed E-state index contributed by atoms with van der Waals surface area (Å²) in [6.07, 6.45) is 10.8. The summed E-state index contributed by atoms with van der Waals surface area (Å²) < 4.78 is 5.00. The fraction of sp³-hybridized carbons (Fsp3) is 0.938. The molecule has 0 aromatic rings. The highest BCUT2D eigenvalue weighted by atomic mass is 16.5. The third-order valence-corrected chi connectivity index (χ3v) is 2.55. The second kappa shape index (κ2) is 20.7. The molecule has 0 unspecified atom stereocenters. The molecular weight excluding hydrogens is 252 g/mol. The molecule has 3 N–H and O–H groups in total. The monoisotopic (exact) mass is 290 g/mol. The lowest BCUT2D eigenvalue weighted by Gasteiger charge is -2.03. The first-order valence-corrected chi connectivity index (χ1v) is 7.81. The molecule has 0 aliphatic carbocycles. The predicted octanol–water partition coefficient (Wildman–Crippen LogP) is 4.42. The van der Waals surface area contributed by atoms with Crippen LogP contribution in [-0.2, 0) is 9.53 Å². The molecule has 0 rings (SSSR count). The van der Waals surface area contributed by atoms with Gasteiger partial charge in [0.25, 0.3) is 0 Å². The van der Waals surface area contributed by atoms with Crippen molar-refractivity contribution in [3.8, 4) is 0 Å². The van der Waals surface area contributed by atoms with E-state index in [1.807, 2.05) is 33.0 Å². The Bertz CT molecular complexity index is 183. The molecule has 0 spiro atoms.